The lowest BCUT2D eigenvalue weighted by atomic mass is 10.5. The Balaban J connectivity index is 2.21. The second kappa shape index (κ2) is 5.07. The molecule has 2 N–H and O–H groups in total. The second-order valence-electron chi connectivity index (χ2n) is 3.60. The molecule has 19 heavy (non-hydrogen) atoms. The molecule has 0 fully saturated rings. The van der Waals surface area contributed by atoms with E-state index in [9.17, 15) is 13.2 Å². The van der Waals surface area contributed by atoms with Crippen LogP contribution in [0.1, 0.15) is 15.5 Å². The predicted octanol–water partition coefficient (Wildman–Crippen LogP) is 0.0533. The van der Waals surface area contributed by atoms with E-state index in [0.29, 0.717) is 5.82 Å². The molecule has 0 aliphatic heterocycles. The van der Waals surface area contributed by atoms with Gasteiger partial charge in [0.25, 0.3) is 0 Å². The molecule has 0 bridgehead atoms. The van der Waals surface area contributed by atoms with Crippen molar-refractivity contribution in [2.24, 2.45) is 7.05 Å². The average molecular weight is 302 g/mol. The Morgan fingerprint density at radius 2 is 2.32 bits per heavy atom. The molecule has 0 amide bonds. The van der Waals surface area contributed by atoms with Crippen molar-refractivity contribution in [3.63, 3.8) is 0 Å². The first-order valence-corrected chi connectivity index (χ1v) is 7.41. The van der Waals surface area contributed by atoms with Crippen LogP contribution in [0.25, 0.3) is 0 Å². The molecule has 0 aliphatic rings. The molecule has 0 aliphatic carbocycles. The minimum Gasteiger partial charge on any atom is -0.477 e. The predicted molar refractivity (Wildman–Crippen MR) is 66.3 cm³/mol. The molecule has 102 valence electrons. The maximum atomic E-state index is 12.0. The van der Waals surface area contributed by atoms with Gasteiger partial charge in [0.1, 0.15) is 21.9 Å². The minimum absolute atomic E-state index is 0.0618. The van der Waals surface area contributed by atoms with E-state index in [-0.39, 0.29) is 16.3 Å². The van der Waals surface area contributed by atoms with E-state index < -0.39 is 16.0 Å². The first-order chi connectivity index (χ1) is 8.92. The van der Waals surface area contributed by atoms with Gasteiger partial charge in [0, 0.05) is 7.05 Å². The van der Waals surface area contributed by atoms with Crippen molar-refractivity contribution in [2.75, 3.05) is 0 Å². The highest BCUT2D eigenvalue weighted by atomic mass is 32.2. The van der Waals surface area contributed by atoms with Crippen LogP contribution in [0.4, 0.5) is 0 Å². The highest BCUT2D eigenvalue weighted by Gasteiger charge is 2.23. The molecular formula is C9H10N4O4S2. The summed E-state index contributed by atoms with van der Waals surface area (Å²) in [5.41, 5.74) is 0. The van der Waals surface area contributed by atoms with Crippen LogP contribution in [0.2, 0.25) is 0 Å². The van der Waals surface area contributed by atoms with Crippen LogP contribution in [0.15, 0.2) is 22.7 Å². The zero-order valence-electron chi connectivity index (χ0n) is 9.77. The maximum absolute atomic E-state index is 12.0. The summed E-state index contributed by atoms with van der Waals surface area (Å²) in [6.45, 7) is -0.0618. The van der Waals surface area contributed by atoms with Crippen LogP contribution >= 0.6 is 11.3 Å². The smallest absolute Gasteiger partial charge is 0.347 e. The Labute approximate surface area is 112 Å². The molecule has 0 saturated carbocycles. The number of aryl methyl sites for hydroxylation is 1. The number of carbonyl (C=O) groups is 1. The fraction of sp³-hybridized carbons (Fsp3) is 0.222. The van der Waals surface area contributed by atoms with E-state index in [1.165, 1.54) is 17.8 Å². The summed E-state index contributed by atoms with van der Waals surface area (Å²) >= 11 is 0.859. The van der Waals surface area contributed by atoms with E-state index in [0.717, 1.165) is 11.3 Å². The lowest BCUT2D eigenvalue weighted by molar-refractivity contribution is 0.0698. The first kappa shape index (κ1) is 13.6. The van der Waals surface area contributed by atoms with Gasteiger partial charge < -0.3 is 9.67 Å². The van der Waals surface area contributed by atoms with E-state index in [1.54, 1.807) is 11.6 Å². The van der Waals surface area contributed by atoms with E-state index in [1.807, 2.05) is 0 Å². The van der Waals surface area contributed by atoms with Crippen molar-refractivity contribution in [3.05, 3.63) is 28.5 Å². The van der Waals surface area contributed by atoms with Crippen LogP contribution in [0.3, 0.4) is 0 Å². The Morgan fingerprint density at radius 3 is 2.89 bits per heavy atom. The van der Waals surface area contributed by atoms with Gasteiger partial charge in [-0.1, -0.05) is 0 Å². The van der Waals surface area contributed by atoms with Crippen LogP contribution in [0, 0.1) is 0 Å². The Kier molecular flexibility index (Phi) is 3.64. The quantitative estimate of drug-likeness (QED) is 0.807. The fourth-order valence-corrected chi connectivity index (χ4v) is 3.61. The largest absolute Gasteiger partial charge is 0.477 e. The average Bonchev–Trinajstić information content (AvgIpc) is 2.95. The SMILES string of the molecule is Cn1cnnc1CNS(=O)(=O)c1ccsc1C(=O)O. The van der Waals surface area contributed by atoms with Gasteiger partial charge >= 0.3 is 5.97 Å². The minimum atomic E-state index is -3.89. The molecule has 0 saturated heterocycles. The summed E-state index contributed by atoms with van der Waals surface area (Å²) < 4.78 is 27.9. The number of rotatable bonds is 5. The number of carboxylic acid groups (broad SMARTS) is 1. The van der Waals surface area contributed by atoms with Crippen molar-refractivity contribution < 1.29 is 18.3 Å². The standard InChI is InChI=1S/C9H10N4O4S2/c1-13-5-10-12-7(13)4-11-19(16,17)6-2-3-18-8(6)9(14)15/h2-3,5,11H,4H2,1H3,(H,14,15). The molecule has 2 aromatic rings. The number of aromatic carboxylic acids is 1. The summed E-state index contributed by atoms with van der Waals surface area (Å²) in [6, 6.07) is 1.26. The summed E-state index contributed by atoms with van der Waals surface area (Å²) in [7, 11) is -2.21. The number of sulfonamides is 1. The topological polar surface area (TPSA) is 114 Å². The highest BCUT2D eigenvalue weighted by molar-refractivity contribution is 7.89. The Morgan fingerprint density at radius 1 is 1.58 bits per heavy atom. The van der Waals surface area contributed by atoms with Gasteiger partial charge in [-0.2, -0.15) is 0 Å². The molecule has 0 atom stereocenters. The normalized spacial score (nSPS) is 11.6. The Hall–Kier alpha value is -1.78. The van der Waals surface area contributed by atoms with Gasteiger partial charge in [-0.25, -0.2) is 17.9 Å². The number of nitrogens with one attached hydrogen (secondary N) is 1. The molecule has 10 heteroatoms. The lowest BCUT2D eigenvalue weighted by Crippen LogP contribution is -2.25. The molecule has 8 nitrogen and oxygen atoms in total. The van der Waals surface area contributed by atoms with Crippen molar-refractivity contribution in [1.29, 1.82) is 0 Å². The monoisotopic (exact) mass is 302 g/mol. The zero-order chi connectivity index (χ0) is 14.0. The van der Waals surface area contributed by atoms with Crippen molar-refractivity contribution in [2.45, 2.75) is 11.4 Å². The van der Waals surface area contributed by atoms with Gasteiger partial charge in [-0.15, -0.1) is 21.5 Å². The van der Waals surface area contributed by atoms with E-state index in [4.69, 9.17) is 5.11 Å². The highest BCUT2D eigenvalue weighted by Crippen LogP contribution is 2.21. The van der Waals surface area contributed by atoms with Gasteiger partial charge in [0.05, 0.1) is 6.54 Å². The van der Waals surface area contributed by atoms with Crippen molar-refractivity contribution in [1.82, 2.24) is 19.5 Å². The zero-order valence-corrected chi connectivity index (χ0v) is 11.4. The van der Waals surface area contributed by atoms with Gasteiger partial charge in [-0.05, 0) is 11.4 Å². The summed E-state index contributed by atoms with van der Waals surface area (Å²) in [5.74, 6) is -0.843. The number of hydrogen-bond donors (Lipinski definition) is 2. The van der Waals surface area contributed by atoms with E-state index >= 15 is 0 Å². The number of hydrogen-bond acceptors (Lipinski definition) is 6. The van der Waals surface area contributed by atoms with Crippen molar-refractivity contribution in [3.8, 4) is 0 Å². The maximum Gasteiger partial charge on any atom is 0.347 e. The summed E-state index contributed by atoms with van der Waals surface area (Å²) in [4.78, 5) is 10.4. The molecule has 0 unspecified atom stereocenters. The third kappa shape index (κ3) is 2.80. The molecule has 2 heterocycles. The lowest BCUT2D eigenvalue weighted by Gasteiger charge is -2.05. The first-order valence-electron chi connectivity index (χ1n) is 5.05. The number of carboxylic acids is 1. The Bertz CT molecular complexity index is 703. The number of aromatic nitrogens is 3. The molecule has 0 spiro atoms. The van der Waals surface area contributed by atoms with Gasteiger partial charge in [0.2, 0.25) is 10.0 Å². The summed E-state index contributed by atoms with van der Waals surface area (Å²) in [5, 5.41) is 17.7. The van der Waals surface area contributed by atoms with Crippen molar-refractivity contribution >= 4 is 27.3 Å². The summed E-state index contributed by atoms with van der Waals surface area (Å²) in [6.07, 6.45) is 1.44. The third-order valence-corrected chi connectivity index (χ3v) is 4.81. The van der Waals surface area contributed by atoms with Crippen LogP contribution < -0.4 is 4.72 Å². The molecule has 0 aromatic carbocycles. The van der Waals surface area contributed by atoms with Gasteiger partial charge in [-0.3, -0.25) is 0 Å². The molecular weight excluding hydrogens is 292 g/mol. The van der Waals surface area contributed by atoms with Crippen LogP contribution in [-0.4, -0.2) is 34.3 Å². The van der Waals surface area contributed by atoms with Crippen LogP contribution in [-0.2, 0) is 23.6 Å². The third-order valence-electron chi connectivity index (χ3n) is 2.34. The fourth-order valence-electron chi connectivity index (χ4n) is 1.37. The number of thiophene rings is 1. The second-order valence-corrected chi connectivity index (χ2v) is 6.25. The molecule has 2 aromatic heterocycles. The number of nitrogens with zero attached hydrogens (tertiary/aromatic N) is 3. The molecule has 2 rings (SSSR count). The van der Waals surface area contributed by atoms with E-state index in [2.05, 4.69) is 14.9 Å². The van der Waals surface area contributed by atoms with Gasteiger partial charge in [0.15, 0.2) is 0 Å². The van der Waals surface area contributed by atoms with Crippen LogP contribution in [0.5, 0.6) is 0 Å². The molecule has 0 radical (unpaired) electrons.